The van der Waals surface area contributed by atoms with Gasteiger partial charge in [0.1, 0.15) is 5.84 Å². The average Bonchev–Trinajstić information content (AvgIpc) is 2.42. The first-order valence-electron chi connectivity index (χ1n) is 5.65. The highest BCUT2D eigenvalue weighted by molar-refractivity contribution is 5.94. The molecule has 0 fully saturated rings. The van der Waals surface area contributed by atoms with E-state index in [1.165, 1.54) is 7.05 Å². The van der Waals surface area contributed by atoms with E-state index in [4.69, 9.17) is 10.9 Å². The molecule has 5 nitrogen and oxygen atoms in total. The molecule has 0 aliphatic heterocycles. The summed E-state index contributed by atoms with van der Waals surface area (Å²) in [5.74, 6) is -5.75. The molecule has 0 bridgehead atoms. The summed E-state index contributed by atoms with van der Waals surface area (Å²) in [7, 11) is 1.38. The predicted molar refractivity (Wildman–Crippen MR) is 65.8 cm³/mol. The molecule has 1 unspecified atom stereocenters. The van der Waals surface area contributed by atoms with Crippen molar-refractivity contribution < 1.29 is 23.2 Å². The van der Waals surface area contributed by atoms with Crippen molar-refractivity contribution in [3.63, 3.8) is 0 Å². The van der Waals surface area contributed by atoms with Crippen LogP contribution < -0.4 is 5.73 Å². The van der Waals surface area contributed by atoms with Crippen LogP contribution in [0.2, 0.25) is 0 Å². The van der Waals surface area contributed by atoms with Crippen molar-refractivity contribution in [2.75, 3.05) is 13.6 Å². The molecule has 0 aliphatic carbocycles. The number of hydrogen-bond acceptors (Lipinski definition) is 3. The maximum absolute atomic E-state index is 13.1. The van der Waals surface area contributed by atoms with E-state index in [0.717, 1.165) is 4.90 Å². The molecule has 0 saturated heterocycles. The van der Waals surface area contributed by atoms with Crippen LogP contribution in [0.4, 0.5) is 13.2 Å². The van der Waals surface area contributed by atoms with Crippen LogP contribution in [0.1, 0.15) is 17.3 Å². The Hall–Kier alpha value is -2.25. The van der Waals surface area contributed by atoms with Gasteiger partial charge in [-0.2, -0.15) is 0 Å². The van der Waals surface area contributed by atoms with Crippen LogP contribution in [0.15, 0.2) is 17.3 Å². The van der Waals surface area contributed by atoms with Crippen LogP contribution >= 0.6 is 0 Å². The Morgan fingerprint density at radius 3 is 2.35 bits per heavy atom. The fourth-order valence-electron chi connectivity index (χ4n) is 1.59. The lowest BCUT2D eigenvalue weighted by atomic mass is 10.1. The molecule has 20 heavy (non-hydrogen) atoms. The van der Waals surface area contributed by atoms with Gasteiger partial charge in [0, 0.05) is 25.1 Å². The van der Waals surface area contributed by atoms with Crippen molar-refractivity contribution in [3.05, 3.63) is 35.1 Å². The van der Waals surface area contributed by atoms with Crippen molar-refractivity contribution in [1.82, 2.24) is 4.90 Å². The van der Waals surface area contributed by atoms with Gasteiger partial charge in [0.05, 0.1) is 0 Å². The molecule has 0 aliphatic rings. The number of nitrogens with two attached hydrogens (primary N) is 1. The van der Waals surface area contributed by atoms with Gasteiger partial charge in [-0.25, -0.2) is 13.2 Å². The molecule has 1 aromatic rings. The topological polar surface area (TPSA) is 78.9 Å². The number of nitrogens with zero attached hydrogens (tertiary/aromatic N) is 2. The molecule has 1 aromatic carbocycles. The summed E-state index contributed by atoms with van der Waals surface area (Å²) in [6.07, 6.45) is 0. The lowest BCUT2D eigenvalue weighted by Crippen LogP contribution is -2.36. The Kier molecular flexibility index (Phi) is 4.95. The fraction of sp³-hybridized carbons (Fsp3) is 0.333. The maximum Gasteiger partial charge on any atom is 0.253 e. The smallest absolute Gasteiger partial charge is 0.253 e. The first-order valence-corrected chi connectivity index (χ1v) is 5.65. The summed E-state index contributed by atoms with van der Waals surface area (Å²) < 4.78 is 38.9. The number of carbonyl (C=O) groups is 1. The van der Waals surface area contributed by atoms with Gasteiger partial charge in [-0.15, -0.1) is 0 Å². The van der Waals surface area contributed by atoms with Crippen molar-refractivity contribution >= 4 is 11.7 Å². The first kappa shape index (κ1) is 15.8. The lowest BCUT2D eigenvalue weighted by Gasteiger charge is -2.21. The summed E-state index contributed by atoms with van der Waals surface area (Å²) in [4.78, 5) is 13.1. The van der Waals surface area contributed by atoms with Gasteiger partial charge in [-0.05, 0) is 12.1 Å². The normalized spacial score (nSPS) is 13.2. The van der Waals surface area contributed by atoms with Gasteiger partial charge < -0.3 is 15.8 Å². The number of carbonyl (C=O) groups excluding carboxylic acids is 1. The summed E-state index contributed by atoms with van der Waals surface area (Å²) in [6.45, 7) is 1.67. The monoisotopic (exact) mass is 289 g/mol. The number of benzene rings is 1. The standard InChI is InChI=1S/C12H14F3N3O2/c1-6(11(16)17-20)5-18(2)12(19)7-3-8(13)10(15)9(14)4-7/h3-4,6,20H,5H2,1-2H3,(H2,16,17). The molecule has 0 aromatic heterocycles. The van der Waals surface area contributed by atoms with Gasteiger partial charge in [0.15, 0.2) is 17.5 Å². The zero-order valence-electron chi connectivity index (χ0n) is 10.9. The van der Waals surface area contributed by atoms with E-state index >= 15 is 0 Å². The summed E-state index contributed by atoms with van der Waals surface area (Å²) >= 11 is 0. The van der Waals surface area contributed by atoms with E-state index < -0.39 is 29.3 Å². The van der Waals surface area contributed by atoms with E-state index in [2.05, 4.69) is 5.16 Å². The van der Waals surface area contributed by atoms with E-state index in [1.54, 1.807) is 6.92 Å². The molecule has 0 spiro atoms. The van der Waals surface area contributed by atoms with Gasteiger partial charge in [0.2, 0.25) is 0 Å². The van der Waals surface area contributed by atoms with Gasteiger partial charge >= 0.3 is 0 Å². The van der Waals surface area contributed by atoms with Gasteiger partial charge in [-0.3, -0.25) is 4.79 Å². The van der Waals surface area contributed by atoms with Crippen LogP contribution in [-0.2, 0) is 0 Å². The predicted octanol–water partition coefficient (Wildman–Crippen LogP) is 1.56. The van der Waals surface area contributed by atoms with Crippen molar-refractivity contribution in [2.45, 2.75) is 6.92 Å². The summed E-state index contributed by atoms with van der Waals surface area (Å²) in [5.41, 5.74) is 5.04. The molecule has 1 amide bonds. The SMILES string of the molecule is CC(CN(C)C(=O)c1cc(F)c(F)c(F)c1)C(N)=NO. The quantitative estimate of drug-likeness (QED) is 0.290. The van der Waals surface area contributed by atoms with Crippen molar-refractivity contribution in [2.24, 2.45) is 16.8 Å². The van der Waals surface area contributed by atoms with Crippen molar-refractivity contribution in [3.8, 4) is 0 Å². The van der Waals surface area contributed by atoms with Crippen LogP contribution in [-0.4, -0.2) is 35.4 Å². The molecule has 0 heterocycles. The molecule has 110 valence electrons. The maximum atomic E-state index is 13.1. The number of hydrogen-bond donors (Lipinski definition) is 2. The van der Waals surface area contributed by atoms with E-state index in [9.17, 15) is 18.0 Å². The molecule has 0 saturated carbocycles. The number of amidine groups is 1. The van der Waals surface area contributed by atoms with E-state index in [0.29, 0.717) is 12.1 Å². The first-order chi connectivity index (χ1) is 9.27. The molecule has 3 N–H and O–H groups in total. The lowest BCUT2D eigenvalue weighted by molar-refractivity contribution is 0.0784. The third-order valence-corrected chi connectivity index (χ3v) is 2.75. The summed E-state index contributed by atoms with van der Waals surface area (Å²) in [6, 6.07) is 1.23. The Morgan fingerprint density at radius 1 is 1.40 bits per heavy atom. The van der Waals surface area contributed by atoms with E-state index in [-0.39, 0.29) is 17.9 Å². The third-order valence-electron chi connectivity index (χ3n) is 2.75. The fourth-order valence-corrected chi connectivity index (χ4v) is 1.59. The van der Waals surface area contributed by atoms with Gasteiger partial charge in [0.25, 0.3) is 5.91 Å². The molecule has 0 radical (unpaired) electrons. The Bertz CT molecular complexity index is 526. The van der Waals surface area contributed by atoms with Crippen LogP contribution in [0.5, 0.6) is 0 Å². The number of oxime groups is 1. The minimum atomic E-state index is -1.63. The second-order valence-corrected chi connectivity index (χ2v) is 4.37. The minimum absolute atomic E-state index is 0.0648. The average molecular weight is 289 g/mol. The van der Waals surface area contributed by atoms with Crippen molar-refractivity contribution in [1.29, 1.82) is 0 Å². The zero-order chi connectivity index (χ0) is 15.4. The Balaban J connectivity index is 2.90. The highest BCUT2D eigenvalue weighted by Gasteiger charge is 2.20. The Morgan fingerprint density at radius 2 is 1.90 bits per heavy atom. The minimum Gasteiger partial charge on any atom is -0.409 e. The van der Waals surface area contributed by atoms with Crippen LogP contribution in [0, 0.1) is 23.4 Å². The number of rotatable bonds is 4. The molecular formula is C12H14F3N3O2. The molecule has 1 atom stereocenters. The molecular weight excluding hydrogens is 275 g/mol. The molecule has 8 heteroatoms. The van der Waals surface area contributed by atoms with Crippen LogP contribution in [0.3, 0.4) is 0 Å². The third kappa shape index (κ3) is 3.40. The van der Waals surface area contributed by atoms with Crippen LogP contribution in [0.25, 0.3) is 0 Å². The second kappa shape index (κ2) is 6.27. The zero-order valence-corrected chi connectivity index (χ0v) is 10.9. The highest BCUT2D eigenvalue weighted by atomic mass is 19.2. The number of amides is 1. The number of halogens is 3. The second-order valence-electron chi connectivity index (χ2n) is 4.37. The molecule has 1 rings (SSSR count). The largest absolute Gasteiger partial charge is 0.409 e. The van der Waals surface area contributed by atoms with E-state index in [1.807, 2.05) is 0 Å². The summed E-state index contributed by atoms with van der Waals surface area (Å²) in [5, 5.41) is 11.3. The van der Waals surface area contributed by atoms with Gasteiger partial charge in [-0.1, -0.05) is 12.1 Å². The highest BCUT2D eigenvalue weighted by Crippen LogP contribution is 2.15. The Labute approximate surface area is 113 Å².